The number of rotatable bonds is 2. The molecule has 1 aliphatic heterocycles. The van der Waals surface area contributed by atoms with Gasteiger partial charge in [-0.25, -0.2) is 0 Å². The zero-order valence-electron chi connectivity index (χ0n) is 10.3. The van der Waals surface area contributed by atoms with Crippen molar-refractivity contribution in [2.45, 2.75) is 25.3 Å². The fraction of sp³-hybridized carbons (Fsp3) is 0.462. The molecule has 2 heterocycles. The third-order valence-electron chi connectivity index (χ3n) is 3.73. The Morgan fingerprint density at radius 3 is 3.17 bits per heavy atom. The van der Waals surface area contributed by atoms with Gasteiger partial charge in [-0.05, 0) is 31.4 Å². The molecule has 4 N–H and O–H groups in total. The van der Waals surface area contributed by atoms with E-state index in [0.29, 0.717) is 0 Å². The molecule has 3 rings (SSSR count). The molecule has 0 saturated carbocycles. The molecule has 2 aromatic rings. The SMILES string of the molecule is Nc1cc2cn[nH]c2cc1N1CCCCC1CO. The first-order valence-electron chi connectivity index (χ1n) is 6.39. The zero-order valence-corrected chi connectivity index (χ0v) is 10.3. The number of aliphatic hydroxyl groups excluding tert-OH is 1. The summed E-state index contributed by atoms with van der Waals surface area (Å²) in [7, 11) is 0. The minimum absolute atomic E-state index is 0.181. The fourth-order valence-electron chi connectivity index (χ4n) is 2.75. The van der Waals surface area contributed by atoms with Gasteiger partial charge in [0.05, 0.1) is 35.7 Å². The van der Waals surface area contributed by atoms with Crippen molar-refractivity contribution >= 4 is 22.3 Å². The molecule has 1 fully saturated rings. The first-order valence-corrected chi connectivity index (χ1v) is 6.39. The molecule has 0 spiro atoms. The third kappa shape index (κ3) is 1.80. The number of nitrogens with two attached hydrogens (primary N) is 1. The van der Waals surface area contributed by atoms with Gasteiger partial charge >= 0.3 is 0 Å². The highest BCUT2D eigenvalue weighted by Crippen LogP contribution is 2.32. The number of fused-ring (bicyclic) bond motifs is 1. The van der Waals surface area contributed by atoms with Crippen molar-refractivity contribution in [3.63, 3.8) is 0 Å². The normalized spacial score (nSPS) is 20.5. The molecule has 18 heavy (non-hydrogen) atoms. The molecule has 1 saturated heterocycles. The van der Waals surface area contributed by atoms with Crippen molar-refractivity contribution < 1.29 is 5.11 Å². The number of hydrogen-bond acceptors (Lipinski definition) is 4. The number of nitrogens with zero attached hydrogens (tertiary/aromatic N) is 2. The second-order valence-electron chi connectivity index (χ2n) is 4.89. The van der Waals surface area contributed by atoms with Crippen LogP contribution >= 0.6 is 0 Å². The quantitative estimate of drug-likeness (QED) is 0.702. The second kappa shape index (κ2) is 4.49. The minimum Gasteiger partial charge on any atom is -0.397 e. The van der Waals surface area contributed by atoms with Gasteiger partial charge in [0.15, 0.2) is 0 Å². The Kier molecular flexibility index (Phi) is 2.83. The van der Waals surface area contributed by atoms with Gasteiger partial charge in [-0.2, -0.15) is 5.10 Å². The van der Waals surface area contributed by atoms with Gasteiger partial charge in [0.25, 0.3) is 0 Å². The number of piperidine rings is 1. The molecular weight excluding hydrogens is 228 g/mol. The van der Waals surface area contributed by atoms with E-state index in [-0.39, 0.29) is 12.6 Å². The van der Waals surface area contributed by atoms with Crippen LogP contribution in [0.3, 0.4) is 0 Å². The van der Waals surface area contributed by atoms with Crippen LogP contribution in [0.25, 0.3) is 10.9 Å². The standard InChI is InChI=1S/C13H18N4O/c14-11-5-9-7-15-16-12(9)6-13(11)17-4-2-1-3-10(17)8-18/h5-7,10,18H,1-4,8,14H2,(H,15,16). The summed E-state index contributed by atoms with van der Waals surface area (Å²) in [5, 5.41) is 17.5. The summed E-state index contributed by atoms with van der Waals surface area (Å²) in [5.41, 5.74) is 8.88. The molecular formula is C13H18N4O. The number of anilines is 2. The van der Waals surface area contributed by atoms with E-state index in [9.17, 15) is 5.11 Å². The predicted octanol–water partition coefficient (Wildman–Crippen LogP) is 1.50. The van der Waals surface area contributed by atoms with E-state index in [1.807, 2.05) is 12.1 Å². The number of benzene rings is 1. The molecule has 1 aromatic carbocycles. The highest BCUT2D eigenvalue weighted by Gasteiger charge is 2.23. The van der Waals surface area contributed by atoms with Crippen molar-refractivity contribution in [2.75, 3.05) is 23.8 Å². The van der Waals surface area contributed by atoms with E-state index in [1.165, 1.54) is 6.42 Å². The predicted molar refractivity (Wildman–Crippen MR) is 72.6 cm³/mol. The van der Waals surface area contributed by atoms with Gasteiger partial charge in [0, 0.05) is 11.9 Å². The van der Waals surface area contributed by atoms with Crippen molar-refractivity contribution in [3.8, 4) is 0 Å². The number of H-pyrrole nitrogens is 1. The lowest BCUT2D eigenvalue weighted by Gasteiger charge is -2.37. The van der Waals surface area contributed by atoms with E-state index >= 15 is 0 Å². The van der Waals surface area contributed by atoms with Gasteiger partial charge in [-0.1, -0.05) is 0 Å². The summed E-state index contributed by atoms with van der Waals surface area (Å²) >= 11 is 0. The Hall–Kier alpha value is -1.75. The molecule has 1 atom stereocenters. The molecule has 1 unspecified atom stereocenters. The Labute approximate surface area is 106 Å². The van der Waals surface area contributed by atoms with Gasteiger partial charge in [0.2, 0.25) is 0 Å². The Morgan fingerprint density at radius 1 is 1.44 bits per heavy atom. The maximum Gasteiger partial charge on any atom is 0.0672 e. The number of aliphatic hydroxyl groups is 1. The van der Waals surface area contributed by atoms with Crippen molar-refractivity contribution in [1.29, 1.82) is 0 Å². The second-order valence-corrected chi connectivity index (χ2v) is 4.89. The van der Waals surface area contributed by atoms with Crippen LogP contribution in [0.4, 0.5) is 11.4 Å². The van der Waals surface area contributed by atoms with Gasteiger partial charge in [0.1, 0.15) is 0 Å². The molecule has 96 valence electrons. The summed E-state index contributed by atoms with van der Waals surface area (Å²) in [6.07, 6.45) is 5.12. The van der Waals surface area contributed by atoms with Crippen LogP contribution in [-0.4, -0.2) is 34.5 Å². The zero-order chi connectivity index (χ0) is 12.5. The van der Waals surface area contributed by atoms with E-state index in [2.05, 4.69) is 15.1 Å². The Morgan fingerprint density at radius 2 is 2.33 bits per heavy atom. The van der Waals surface area contributed by atoms with Crippen molar-refractivity contribution in [3.05, 3.63) is 18.3 Å². The molecule has 0 aliphatic carbocycles. The average molecular weight is 246 g/mol. The van der Waals surface area contributed by atoms with E-state index in [4.69, 9.17) is 5.73 Å². The number of aromatic amines is 1. The monoisotopic (exact) mass is 246 g/mol. The van der Waals surface area contributed by atoms with Crippen LogP contribution in [-0.2, 0) is 0 Å². The van der Waals surface area contributed by atoms with E-state index < -0.39 is 0 Å². The minimum atomic E-state index is 0.181. The summed E-state index contributed by atoms with van der Waals surface area (Å²) in [6, 6.07) is 4.16. The lowest BCUT2D eigenvalue weighted by Crippen LogP contribution is -2.42. The summed E-state index contributed by atoms with van der Waals surface area (Å²) in [5.74, 6) is 0. The third-order valence-corrected chi connectivity index (χ3v) is 3.73. The van der Waals surface area contributed by atoms with Crippen LogP contribution in [0.15, 0.2) is 18.3 Å². The number of nitrogen functional groups attached to an aromatic ring is 1. The highest BCUT2D eigenvalue weighted by molar-refractivity contribution is 5.89. The van der Waals surface area contributed by atoms with E-state index in [0.717, 1.165) is 41.7 Å². The van der Waals surface area contributed by atoms with Crippen molar-refractivity contribution in [1.82, 2.24) is 10.2 Å². The Balaban J connectivity index is 2.03. The average Bonchev–Trinajstić information content (AvgIpc) is 2.84. The van der Waals surface area contributed by atoms with Crippen LogP contribution < -0.4 is 10.6 Å². The highest BCUT2D eigenvalue weighted by atomic mass is 16.3. The number of aromatic nitrogens is 2. The molecule has 0 bridgehead atoms. The first kappa shape index (κ1) is 11.3. The largest absolute Gasteiger partial charge is 0.397 e. The topological polar surface area (TPSA) is 78.2 Å². The van der Waals surface area contributed by atoms with E-state index in [1.54, 1.807) is 6.20 Å². The molecule has 1 aliphatic rings. The molecule has 5 nitrogen and oxygen atoms in total. The fourth-order valence-corrected chi connectivity index (χ4v) is 2.75. The van der Waals surface area contributed by atoms with Gasteiger partial charge in [-0.3, -0.25) is 5.10 Å². The van der Waals surface area contributed by atoms with Gasteiger partial charge in [-0.15, -0.1) is 0 Å². The molecule has 5 heteroatoms. The van der Waals surface area contributed by atoms with Crippen molar-refractivity contribution in [2.24, 2.45) is 0 Å². The summed E-state index contributed by atoms with van der Waals surface area (Å²) < 4.78 is 0. The summed E-state index contributed by atoms with van der Waals surface area (Å²) in [6.45, 7) is 1.13. The van der Waals surface area contributed by atoms with Crippen LogP contribution in [0, 0.1) is 0 Å². The van der Waals surface area contributed by atoms with Crippen LogP contribution in [0.5, 0.6) is 0 Å². The van der Waals surface area contributed by atoms with Crippen LogP contribution in [0.2, 0.25) is 0 Å². The Bertz CT molecular complexity index is 551. The molecule has 0 amide bonds. The number of nitrogens with one attached hydrogen (secondary N) is 1. The maximum atomic E-state index is 9.48. The lowest BCUT2D eigenvalue weighted by atomic mass is 10.0. The van der Waals surface area contributed by atoms with Gasteiger partial charge < -0.3 is 15.7 Å². The maximum absolute atomic E-state index is 9.48. The lowest BCUT2D eigenvalue weighted by molar-refractivity contribution is 0.240. The number of hydrogen-bond donors (Lipinski definition) is 3. The summed E-state index contributed by atoms with van der Waals surface area (Å²) in [4.78, 5) is 2.22. The van der Waals surface area contributed by atoms with Crippen LogP contribution in [0.1, 0.15) is 19.3 Å². The molecule has 1 aromatic heterocycles. The smallest absolute Gasteiger partial charge is 0.0672 e. The first-order chi connectivity index (χ1) is 8.79. The molecule has 0 radical (unpaired) electrons.